The third-order valence-corrected chi connectivity index (χ3v) is 7.67. The Bertz CT molecular complexity index is 1820. The van der Waals surface area contributed by atoms with Crippen molar-refractivity contribution in [3.8, 4) is 11.8 Å². The van der Waals surface area contributed by atoms with E-state index in [1.165, 1.54) is 25.6 Å². The molecule has 0 radical (unpaired) electrons. The number of nitrogens with one attached hydrogen (secondary N) is 2. The lowest BCUT2D eigenvalue weighted by molar-refractivity contribution is -0.140. The van der Waals surface area contributed by atoms with Gasteiger partial charge >= 0.3 is 5.97 Å². The van der Waals surface area contributed by atoms with E-state index in [4.69, 9.17) is 10.2 Å². The van der Waals surface area contributed by atoms with Crippen molar-refractivity contribution in [2.45, 2.75) is 24.7 Å². The maximum atomic E-state index is 13.2. The summed E-state index contributed by atoms with van der Waals surface area (Å²) in [4.78, 5) is 41.1. The Morgan fingerprint density at radius 2 is 1.83 bits per heavy atom. The number of carbonyl (C=O) groups is 3. The minimum Gasteiger partial charge on any atom is -0.469 e. The Labute approximate surface area is 243 Å². The van der Waals surface area contributed by atoms with E-state index in [-0.39, 0.29) is 41.0 Å². The molecule has 2 aromatic carbocycles. The van der Waals surface area contributed by atoms with Gasteiger partial charge in [0, 0.05) is 34.3 Å². The number of nitrogens with two attached hydrogens (primary N) is 1. The molecule has 4 rings (SSSR count). The fourth-order valence-corrected chi connectivity index (χ4v) is 4.91. The summed E-state index contributed by atoms with van der Waals surface area (Å²) in [7, 11) is -1.88. The summed E-state index contributed by atoms with van der Waals surface area (Å²) in [5, 5.41) is 2.77. The molecule has 0 aliphatic heterocycles. The average Bonchev–Trinajstić information content (AvgIpc) is 3.41. The quantitative estimate of drug-likeness (QED) is 0.161. The zero-order valence-corrected chi connectivity index (χ0v) is 23.7. The van der Waals surface area contributed by atoms with E-state index in [0.29, 0.717) is 22.6 Å². The Morgan fingerprint density at radius 3 is 2.52 bits per heavy atom. The number of amides is 2. The minimum atomic E-state index is -3.20. The maximum absolute atomic E-state index is 13.2. The second-order valence-corrected chi connectivity index (χ2v) is 11.2. The van der Waals surface area contributed by atoms with Gasteiger partial charge in [-0.15, -0.1) is 0 Å². The van der Waals surface area contributed by atoms with Gasteiger partial charge in [0.15, 0.2) is 5.76 Å². The molecule has 0 aliphatic rings. The molecular weight excluding hydrogens is 556 g/mol. The molecule has 11 heteroatoms. The van der Waals surface area contributed by atoms with Crippen LogP contribution in [-0.4, -0.2) is 40.0 Å². The molecule has 0 saturated carbocycles. The Balaban J connectivity index is 1.46. The first-order valence-electron chi connectivity index (χ1n) is 12.6. The Morgan fingerprint density at radius 1 is 1.07 bits per heavy atom. The van der Waals surface area contributed by atoms with Gasteiger partial charge in [-0.05, 0) is 67.2 Å². The van der Waals surface area contributed by atoms with Crippen LogP contribution in [0.4, 0.5) is 11.5 Å². The van der Waals surface area contributed by atoms with Crippen LogP contribution in [-0.2, 0) is 25.7 Å². The molecule has 214 valence electrons. The van der Waals surface area contributed by atoms with Crippen LogP contribution in [0, 0.1) is 18.8 Å². The first-order chi connectivity index (χ1) is 20.1. The number of methoxy groups -OCH3 is 1. The van der Waals surface area contributed by atoms with Crippen molar-refractivity contribution >= 4 is 44.9 Å². The first-order valence-corrected chi connectivity index (χ1v) is 14.4. The first kappa shape index (κ1) is 29.6. The van der Waals surface area contributed by atoms with Gasteiger partial charge in [0.05, 0.1) is 34.2 Å². The number of hydrogen-bond donors (Lipinski definition) is 3. The number of aryl methyl sites for hydroxylation is 2. The third-order valence-electron chi connectivity index (χ3n) is 6.12. The molecular formula is C31H28N4O6S. The predicted octanol–water partition coefficient (Wildman–Crippen LogP) is 3.74. The number of esters is 1. The number of hydrogen-bond acceptors (Lipinski definition) is 8. The van der Waals surface area contributed by atoms with Gasteiger partial charge in [-0.2, -0.15) is 0 Å². The van der Waals surface area contributed by atoms with E-state index in [1.807, 2.05) is 0 Å². The molecule has 0 bridgehead atoms. The molecule has 0 spiro atoms. The number of carbonyl (C=O) groups excluding carboxylic acids is 3. The summed E-state index contributed by atoms with van der Waals surface area (Å²) in [6.45, 7) is 1.77. The number of nitrogens with zero attached hydrogens (tertiary/aromatic N) is 1. The topological polar surface area (TPSA) is 154 Å². The van der Waals surface area contributed by atoms with E-state index in [0.717, 1.165) is 11.1 Å². The number of anilines is 2. The Kier molecular flexibility index (Phi) is 9.09. The molecule has 2 aromatic heterocycles. The molecule has 1 atom stereocenters. The highest BCUT2D eigenvalue weighted by molar-refractivity contribution is 7.99. The molecule has 1 unspecified atom stereocenters. The van der Waals surface area contributed by atoms with Gasteiger partial charge in [-0.25, -0.2) is 9.19 Å². The summed E-state index contributed by atoms with van der Waals surface area (Å²) in [5.41, 5.74) is 9.03. The van der Waals surface area contributed by atoms with Gasteiger partial charge < -0.3 is 20.2 Å². The molecule has 0 saturated heterocycles. The van der Waals surface area contributed by atoms with E-state index in [1.54, 1.807) is 61.5 Å². The van der Waals surface area contributed by atoms with Crippen LogP contribution >= 0.6 is 0 Å². The molecule has 4 N–H and O–H groups in total. The lowest BCUT2D eigenvalue weighted by Gasteiger charge is -2.12. The number of pyridine rings is 1. The molecule has 0 aliphatic carbocycles. The van der Waals surface area contributed by atoms with Crippen LogP contribution in [0.3, 0.4) is 0 Å². The van der Waals surface area contributed by atoms with Crippen molar-refractivity contribution in [3.05, 3.63) is 107 Å². The second-order valence-electron chi connectivity index (χ2n) is 9.20. The normalized spacial score (nSPS) is 11.9. The molecule has 4 aromatic rings. The third kappa shape index (κ3) is 7.44. The SMILES string of the molecule is C=S(=O)(NC(=O)c1cnc(N)c(C#Cc2cccc(NC(=O)c3occc3C)c2)c1)c1ccc(CCC(=O)OC)cc1. The van der Waals surface area contributed by atoms with Gasteiger partial charge in [-0.3, -0.25) is 19.1 Å². The van der Waals surface area contributed by atoms with Crippen molar-refractivity contribution in [1.29, 1.82) is 0 Å². The zero-order chi connectivity index (χ0) is 30.3. The van der Waals surface area contributed by atoms with E-state index >= 15 is 0 Å². The summed E-state index contributed by atoms with van der Waals surface area (Å²) < 4.78 is 25.6. The second kappa shape index (κ2) is 12.9. The number of benzene rings is 2. The molecule has 2 amide bonds. The number of aromatic nitrogens is 1. The molecule has 2 heterocycles. The molecule has 0 fully saturated rings. The standard InChI is InChI=1S/C31H28N4O6S/c1-20-15-16-41-28(20)31(38)34-25-6-4-5-22(17-25)7-11-23-18-24(19-33-29(23)32)30(37)35-42(3,39)26-12-8-21(9-13-26)10-14-27(36)40-2/h4-6,8-9,12-13,15-19H,3,10,14H2,1-2H3,(H2,32,33)(H,34,38)(H,35,37,39). The summed E-state index contributed by atoms with van der Waals surface area (Å²) in [6, 6.07) is 16.6. The maximum Gasteiger partial charge on any atom is 0.305 e. The average molecular weight is 585 g/mol. The van der Waals surface area contributed by atoms with Crippen LogP contribution in [0.2, 0.25) is 0 Å². The van der Waals surface area contributed by atoms with Crippen molar-refractivity contribution < 1.29 is 27.7 Å². The lowest BCUT2D eigenvalue weighted by atomic mass is 10.1. The summed E-state index contributed by atoms with van der Waals surface area (Å²) in [5.74, 6) is 8.50. The Hall–Kier alpha value is -5.34. The van der Waals surface area contributed by atoms with Crippen LogP contribution < -0.4 is 15.8 Å². The van der Waals surface area contributed by atoms with Crippen molar-refractivity contribution in [3.63, 3.8) is 0 Å². The highest BCUT2D eigenvalue weighted by Crippen LogP contribution is 2.17. The summed E-state index contributed by atoms with van der Waals surface area (Å²) in [6.07, 6.45) is 3.38. The fraction of sp³-hybridized carbons (Fsp3) is 0.129. The number of ether oxygens (including phenoxy) is 1. The van der Waals surface area contributed by atoms with Gasteiger partial charge in [-0.1, -0.05) is 30.0 Å². The highest BCUT2D eigenvalue weighted by atomic mass is 32.2. The zero-order valence-electron chi connectivity index (χ0n) is 22.9. The predicted molar refractivity (Wildman–Crippen MR) is 160 cm³/mol. The number of furan rings is 1. The monoisotopic (exact) mass is 584 g/mol. The van der Waals surface area contributed by atoms with Crippen LogP contribution in [0.15, 0.2) is 82.4 Å². The largest absolute Gasteiger partial charge is 0.469 e. The highest BCUT2D eigenvalue weighted by Gasteiger charge is 2.16. The van der Waals surface area contributed by atoms with Crippen molar-refractivity contribution in [1.82, 2.24) is 9.71 Å². The number of nitrogen functional groups attached to an aromatic ring is 1. The van der Waals surface area contributed by atoms with Gasteiger partial charge in [0.2, 0.25) is 0 Å². The van der Waals surface area contributed by atoms with Crippen molar-refractivity contribution in [2.24, 2.45) is 0 Å². The van der Waals surface area contributed by atoms with Crippen LogP contribution in [0.1, 0.15) is 49.6 Å². The number of rotatable bonds is 8. The van der Waals surface area contributed by atoms with Crippen LogP contribution in [0.5, 0.6) is 0 Å². The van der Waals surface area contributed by atoms with E-state index in [9.17, 15) is 18.6 Å². The van der Waals surface area contributed by atoms with Crippen molar-refractivity contribution in [2.75, 3.05) is 18.2 Å². The fourth-order valence-electron chi connectivity index (χ4n) is 3.80. The van der Waals surface area contributed by atoms with E-state index in [2.05, 4.69) is 37.5 Å². The van der Waals surface area contributed by atoms with Crippen LogP contribution in [0.25, 0.3) is 0 Å². The lowest BCUT2D eigenvalue weighted by Crippen LogP contribution is -2.30. The van der Waals surface area contributed by atoms with Gasteiger partial charge in [0.25, 0.3) is 11.8 Å². The van der Waals surface area contributed by atoms with E-state index < -0.39 is 15.6 Å². The molecule has 10 nitrogen and oxygen atoms in total. The minimum absolute atomic E-state index is 0.0920. The van der Waals surface area contributed by atoms with Gasteiger partial charge in [0.1, 0.15) is 5.82 Å². The molecule has 42 heavy (non-hydrogen) atoms. The smallest absolute Gasteiger partial charge is 0.305 e. The summed E-state index contributed by atoms with van der Waals surface area (Å²) >= 11 is 0.